The van der Waals surface area contributed by atoms with Crippen molar-refractivity contribution in [2.45, 2.75) is 62.5 Å². The summed E-state index contributed by atoms with van der Waals surface area (Å²) in [6, 6.07) is 0. The number of nitrogens with one attached hydrogen (secondary N) is 1. The smallest absolute Gasteiger partial charge is 0.305 e. The van der Waals surface area contributed by atoms with E-state index in [2.05, 4.69) is 5.32 Å². The highest BCUT2D eigenvalue weighted by atomic mass is 16.5. The summed E-state index contributed by atoms with van der Waals surface area (Å²) in [6.45, 7) is 0. The summed E-state index contributed by atoms with van der Waals surface area (Å²) in [4.78, 5) is 22.8. The molecule has 0 bridgehead atoms. The van der Waals surface area contributed by atoms with Crippen molar-refractivity contribution in [1.29, 1.82) is 0 Å². The highest BCUT2D eigenvalue weighted by Gasteiger charge is 2.43. The molecule has 18 heavy (non-hydrogen) atoms. The maximum atomic E-state index is 12.0. The van der Waals surface area contributed by atoms with Crippen LogP contribution in [0.4, 0.5) is 0 Å². The Labute approximate surface area is 107 Å². The van der Waals surface area contributed by atoms with Gasteiger partial charge in [0.1, 0.15) is 0 Å². The van der Waals surface area contributed by atoms with Crippen LogP contribution in [0.3, 0.4) is 0 Å². The molecule has 0 aromatic rings. The lowest BCUT2D eigenvalue weighted by atomic mass is 9.73. The fraction of sp³-hybridized carbons (Fsp3) is 0.846. The van der Waals surface area contributed by atoms with Crippen LogP contribution in [0, 0.1) is 0 Å². The Morgan fingerprint density at radius 1 is 1.17 bits per heavy atom. The fourth-order valence-corrected chi connectivity index (χ4v) is 2.90. The predicted molar refractivity (Wildman–Crippen MR) is 65.2 cm³/mol. The molecule has 102 valence electrons. The highest BCUT2D eigenvalue weighted by Crippen LogP contribution is 2.39. The Kier molecular flexibility index (Phi) is 3.61. The zero-order valence-corrected chi connectivity index (χ0v) is 10.8. The monoisotopic (exact) mass is 255 g/mol. The minimum absolute atomic E-state index is 0.0265. The first-order valence-corrected chi connectivity index (χ1v) is 6.57. The zero-order valence-electron chi connectivity index (χ0n) is 10.8. The van der Waals surface area contributed by atoms with Crippen molar-refractivity contribution in [1.82, 2.24) is 5.32 Å². The number of aliphatic carboxylic acids is 1. The molecular weight excluding hydrogens is 234 g/mol. The van der Waals surface area contributed by atoms with Crippen LogP contribution < -0.4 is 5.32 Å². The summed E-state index contributed by atoms with van der Waals surface area (Å²) in [5, 5.41) is 11.8. The van der Waals surface area contributed by atoms with Gasteiger partial charge < -0.3 is 15.2 Å². The van der Waals surface area contributed by atoms with E-state index in [1.807, 2.05) is 0 Å². The van der Waals surface area contributed by atoms with Crippen molar-refractivity contribution in [3.8, 4) is 0 Å². The standard InChI is InChI=1S/C13H21NO4/c1-18-13(6-3-7-13)8-10(15)14-12(4-2-5-12)9-11(16)17/h2-9H2,1H3,(H,14,15)(H,16,17). The van der Waals surface area contributed by atoms with Gasteiger partial charge in [0.2, 0.25) is 5.91 Å². The number of amides is 1. The Balaban J connectivity index is 1.88. The van der Waals surface area contributed by atoms with Crippen LogP contribution in [-0.2, 0) is 14.3 Å². The third-order valence-corrected chi connectivity index (χ3v) is 4.39. The van der Waals surface area contributed by atoms with Crippen molar-refractivity contribution in [3.63, 3.8) is 0 Å². The molecule has 2 N–H and O–H groups in total. The third-order valence-electron chi connectivity index (χ3n) is 4.39. The van der Waals surface area contributed by atoms with Gasteiger partial charge in [-0.25, -0.2) is 0 Å². The average Bonchev–Trinajstić information content (AvgIpc) is 2.19. The van der Waals surface area contributed by atoms with E-state index in [9.17, 15) is 9.59 Å². The first-order chi connectivity index (χ1) is 8.49. The predicted octanol–water partition coefficient (Wildman–Crippen LogP) is 1.46. The Morgan fingerprint density at radius 3 is 2.11 bits per heavy atom. The van der Waals surface area contributed by atoms with Crippen molar-refractivity contribution in [2.24, 2.45) is 0 Å². The SMILES string of the molecule is COC1(CC(=O)NC2(CC(=O)O)CCC2)CCC1. The number of carboxylic acids is 1. The minimum atomic E-state index is -0.847. The van der Waals surface area contributed by atoms with E-state index in [-0.39, 0.29) is 17.9 Å². The minimum Gasteiger partial charge on any atom is -0.481 e. The lowest BCUT2D eigenvalue weighted by Crippen LogP contribution is -2.56. The summed E-state index contributed by atoms with van der Waals surface area (Å²) in [7, 11) is 1.64. The molecule has 5 nitrogen and oxygen atoms in total. The number of methoxy groups -OCH3 is 1. The number of carbonyl (C=O) groups excluding carboxylic acids is 1. The first kappa shape index (κ1) is 13.3. The summed E-state index contributed by atoms with van der Waals surface area (Å²) < 4.78 is 5.41. The number of rotatable bonds is 6. The molecule has 2 aliphatic rings. The lowest BCUT2D eigenvalue weighted by molar-refractivity contribution is -0.142. The van der Waals surface area contributed by atoms with Crippen molar-refractivity contribution >= 4 is 11.9 Å². The molecule has 0 spiro atoms. The molecule has 2 fully saturated rings. The van der Waals surface area contributed by atoms with Crippen LogP contribution in [-0.4, -0.2) is 35.2 Å². The first-order valence-electron chi connectivity index (χ1n) is 6.57. The number of ether oxygens (including phenoxy) is 1. The van der Waals surface area contributed by atoms with Gasteiger partial charge >= 0.3 is 5.97 Å². The van der Waals surface area contributed by atoms with Gasteiger partial charge in [0.15, 0.2) is 0 Å². The second kappa shape index (κ2) is 4.88. The molecule has 0 saturated heterocycles. The number of carboxylic acid groups (broad SMARTS) is 1. The van der Waals surface area contributed by atoms with Crippen LogP contribution in [0.15, 0.2) is 0 Å². The van der Waals surface area contributed by atoms with Crippen LogP contribution in [0.1, 0.15) is 51.4 Å². The summed E-state index contributed by atoms with van der Waals surface area (Å²) >= 11 is 0. The average molecular weight is 255 g/mol. The Hall–Kier alpha value is -1.10. The van der Waals surface area contributed by atoms with Crippen LogP contribution in [0.5, 0.6) is 0 Å². The number of hydrogen-bond donors (Lipinski definition) is 2. The molecule has 0 atom stereocenters. The van der Waals surface area contributed by atoms with Crippen molar-refractivity contribution in [3.05, 3.63) is 0 Å². The van der Waals surface area contributed by atoms with Crippen LogP contribution >= 0.6 is 0 Å². The molecule has 2 aliphatic carbocycles. The zero-order chi connectivity index (χ0) is 13.2. The van der Waals surface area contributed by atoms with Gasteiger partial charge in [-0.2, -0.15) is 0 Å². The van der Waals surface area contributed by atoms with E-state index in [1.165, 1.54) is 0 Å². The summed E-state index contributed by atoms with van der Waals surface area (Å²) in [6.07, 6.45) is 5.84. The second-order valence-corrected chi connectivity index (χ2v) is 5.67. The Bertz CT molecular complexity index is 339. The van der Waals surface area contributed by atoms with E-state index >= 15 is 0 Å². The summed E-state index contributed by atoms with van der Waals surface area (Å²) in [5.41, 5.74) is -0.792. The number of carbonyl (C=O) groups is 2. The molecule has 5 heteroatoms. The molecule has 0 aliphatic heterocycles. The molecule has 0 aromatic heterocycles. The highest BCUT2D eigenvalue weighted by molar-refractivity contribution is 5.79. The van der Waals surface area contributed by atoms with Gasteiger partial charge in [-0.1, -0.05) is 0 Å². The van der Waals surface area contributed by atoms with E-state index in [0.717, 1.165) is 38.5 Å². The number of hydrogen-bond acceptors (Lipinski definition) is 3. The van der Waals surface area contributed by atoms with Gasteiger partial charge in [0.05, 0.1) is 24.0 Å². The van der Waals surface area contributed by atoms with Crippen molar-refractivity contribution < 1.29 is 19.4 Å². The van der Waals surface area contributed by atoms with Gasteiger partial charge in [-0.05, 0) is 38.5 Å². The van der Waals surface area contributed by atoms with Crippen LogP contribution in [0.2, 0.25) is 0 Å². The van der Waals surface area contributed by atoms with E-state index < -0.39 is 11.5 Å². The second-order valence-electron chi connectivity index (χ2n) is 5.67. The van der Waals surface area contributed by atoms with Crippen LogP contribution in [0.25, 0.3) is 0 Å². The van der Waals surface area contributed by atoms with E-state index in [1.54, 1.807) is 7.11 Å². The molecule has 0 heterocycles. The fourth-order valence-electron chi connectivity index (χ4n) is 2.90. The largest absolute Gasteiger partial charge is 0.481 e. The maximum absolute atomic E-state index is 12.0. The van der Waals surface area contributed by atoms with Gasteiger partial charge in [-0.3, -0.25) is 9.59 Å². The van der Waals surface area contributed by atoms with E-state index in [4.69, 9.17) is 9.84 Å². The topological polar surface area (TPSA) is 75.6 Å². The lowest BCUT2D eigenvalue weighted by Gasteiger charge is -2.44. The normalized spacial score (nSPS) is 23.6. The van der Waals surface area contributed by atoms with Gasteiger partial charge in [-0.15, -0.1) is 0 Å². The molecule has 2 rings (SSSR count). The van der Waals surface area contributed by atoms with E-state index in [0.29, 0.717) is 6.42 Å². The Morgan fingerprint density at radius 2 is 1.78 bits per heavy atom. The third kappa shape index (κ3) is 2.66. The molecule has 0 radical (unpaired) electrons. The maximum Gasteiger partial charge on any atom is 0.305 e. The molecular formula is C13H21NO4. The summed E-state index contributed by atoms with van der Waals surface area (Å²) in [5.74, 6) is -0.919. The molecule has 0 aromatic carbocycles. The molecule has 0 unspecified atom stereocenters. The quantitative estimate of drug-likeness (QED) is 0.753. The van der Waals surface area contributed by atoms with Crippen molar-refractivity contribution in [2.75, 3.05) is 7.11 Å². The molecule has 1 amide bonds. The molecule has 2 saturated carbocycles. The van der Waals surface area contributed by atoms with Gasteiger partial charge in [0.25, 0.3) is 0 Å². The van der Waals surface area contributed by atoms with Gasteiger partial charge in [0, 0.05) is 7.11 Å².